The molecule has 0 fully saturated rings. The highest BCUT2D eigenvalue weighted by atomic mass is 15.4. The highest BCUT2D eigenvalue weighted by molar-refractivity contribution is 5.53. The number of rotatable bonds is 3. The molecule has 88 valence electrons. The minimum absolute atomic E-state index is 0.561. The van der Waals surface area contributed by atoms with Crippen LogP contribution >= 0.6 is 0 Å². The highest BCUT2D eigenvalue weighted by Crippen LogP contribution is 2.14. The molecule has 0 unspecified atom stereocenters. The molecular formula is C12H16N5+. The summed E-state index contributed by atoms with van der Waals surface area (Å²) in [5, 5.41) is 3.14. The van der Waals surface area contributed by atoms with E-state index in [1.165, 1.54) is 6.33 Å². The molecule has 1 heterocycles. The molecule has 0 radical (unpaired) electrons. The van der Waals surface area contributed by atoms with E-state index in [1.807, 2.05) is 51.5 Å². The van der Waals surface area contributed by atoms with Crippen molar-refractivity contribution in [3.8, 4) is 0 Å². The van der Waals surface area contributed by atoms with Crippen LogP contribution in [0.5, 0.6) is 0 Å². The van der Waals surface area contributed by atoms with E-state index in [0.29, 0.717) is 10.4 Å². The first kappa shape index (κ1) is 11.5. The number of para-hydroxylation sites is 1. The molecule has 0 saturated heterocycles. The molecule has 17 heavy (non-hydrogen) atoms. The lowest BCUT2D eigenvalue weighted by atomic mass is 10.3. The summed E-state index contributed by atoms with van der Waals surface area (Å²) in [6.45, 7) is 0. The van der Waals surface area contributed by atoms with Crippen molar-refractivity contribution in [1.82, 2.24) is 19.4 Å². The first-order chi connectivity index (χ1) is 8.05. The summed E-state index contributed by atoms with van der Waals surface area (Å²) in [5.41, 5.74) is 0.964. The fraction of sp³-hybridized carbons (Fsp3) is 0.250. The van der Waals surface area contributed by atoms with Crippen molar-refractivity contribution in [3.63, 3.8) is 0 Å². The predicted molar refractivity (Wildman–Crippen MR) is 69.1 cm³/mol. The van der Waals surface area contributed by atoms with Gasteiger partial charge in [0.25, 0.3) is 0 Å². The quantitative estimate of drug-likeness (QED) is 0.817. The molecule has 0 aliphatic heterocycles. The Morgan fingerprint density at radius 2 is 1.71 bits per heavy atom. The molecule has 0 atom stereocenters. The number of hydrogen-bond donors (Lipinski definition) is 1. The molecule has 5 heteroatoms. The third-order valence-corrected chi connectivity index (χ3v) is 2.19. The van der Waals surface area contributed by atoms with Crippen molar-refractivity contribution in [1.29, 1.82) is 0 Å². The van der Waals surface area contributed by atoms with Gasteiger partial charge in [-0.15, -0.1) is 4.98 Å². The zero-order valence-electron chi connectivity index (χ0n) is 10.3. The number of quaternary nitrogens is 1. The second-order valence-corrected chi connectivity index (χ2v) is 4.61. The molecule has 1 aromatic heterocycles. The van der Waals surface area contributed by atoms with Crippen LogP contribution in [0.15, 0.2) is 36.7 Å². The second kappa shape index (κ2) is 4.47. The molecule has 1 N–H and O–H groups in total. The van der Waals surface area contributed by atoms with Gasteiger partial charge >= 0.3 is 5.95 Å². The Morgan fingerprint density at radius 1 is 1.00 bits per heavy atom. The van der Waals surface area contributed by atoms with E-state index in [2.05, 4.69) is 20.3 Å². The maximum Gasteiger partial charge on any atom is 0.333 e. The summed E-state index contributed by atoms with van der Waals surface area (Å²) in [7, 11) is 6.05. The fourth-order valence-corrected chi connectivity index (χ4v) is 1.32. The van der Waals surface area contributed by atoms with Gasteiger partial charge in [-0.3, -0.25) is 4.48 Å². The van der Waals surface area contributed by atoms with E-state index >= 15 is 0 Å². The van der Waals surface area contributed by atoms with E-state index in [9.17, 15) is 0 Å². The van der Waals surface area contributed by atoms with Gasteiger partial charge in [0.05, 0.1) is 21.1 Å². The SMILES string of the molecule is C[N+](C)(C)c1ncnc(Nc2ccccc2)n1. The number of aromatic nitrogens is 3. The summed E-state index contributed by atoms with van der Waals surface area (Å²) >= 11 is 0. The number of benzene rings is 1. The zero-order valence-corrected chi connectivity index (χ0v) is 10.3. The first-order valence-electron chi connectivity index (χ1n) is 5.39. The van der Waals surface area contributed by atoms with Crippen LogP contribution in [0.4, 0.5) is 17.6 Å². The molecule has 2 rings (SSSR count). The first-order valence-corrected chi connectivity index (χ1v) is 5.39. The van der Waals surface area contributed by atoms with E-state index in [1.54, 1.807) is 0 Å². The summed E-state index contributed by atoms with van der Waals surface area (Å²) in [6.07, 6.45) is 1.52. The van der Waals surface area contributed by atoms with E-state index in [0.717, 1.165) is 11.6 Å². The molecule has 0 amide bonds. The van der Waals surface area contributed by atoms with Crippen LogP contribution in [0.1, 0.15) is 0 Å². The molecule has 0 aliphatic rings. The predicted octanol–water partition coefficient (Wildman–Crippen LogP) is 1.81. The lowest BCUT2D eigenvalue weighted by Crippen LogP contribution is -2.36. The van der Waals surface area contributed by atoms with Crippen molar-refractivity contribution in [2.24, 2.45) is 0 Å². The monoisotopic (exact) mass is 230 g/mol. The Balaban J connectivity index is 2.23. The van der Waals surface area contributed by atoms with Crippen molar-refractivity contribution in [3.05, 3.63) is 36.7 Å². The minimum atomic E-state index is 0.561. The van der Waals surface area contributed by atoms with Crippen LogP contribution in [-0.4, -0.2) is 36.1 Å². The standard InChI is InChI=1S/C12H16N5/c1-17(2,3)12-14-9-13-11(16-12)15-10-7-5-4-6-8-10/h4-9H,1-3H3,(H,13,14,15,16)/q+1. The van der Waals surface area contributed by atoms with Crippen LogP contribution in [0.2, 0.25) is 0 Å². The Bertz CT molecular complexity index is 490. The normalized spacial score (nSPS) is 11.2. The Hall–Kier alpha value is -2.01. The van der Waals surface area contributed by atoms with Crippen molar-refractivity contribution < 1.29 is 0 Å². The van der Waals surface area contributed by atoms with Gasteiger partial charge < -0.3 is 5.32 Å². The second-order valence-electron chi connectivity index (χ2n) is 4.61. The lowest BCUT2D eigenvalue weighted by molar-refractivity contribution is 0.457. The van der Waals surface area contributed by atoms with Crippen molar-refractivity contribution in [2.75, 3.05) is 26.5 Å². The van der Waals surface area contributed by atoms with Crippen LogP contribution in [0.3, 0.4) is 0 Å². The van der Waals surface area contributed by atoms with E-state index in [-0.39, 0.29) is 0 Å². The average molecular weight is 230 g/mol. The van der Waals surface area contributed by atoms with Gasteiger partial charge in [0.15, 0.2) is 0 Å². The molecule has 0 spiro atoms. The van der Waals surface area contributed by atoms with Crippen molar-refractivity contribution >= 4 is 17.6 Å². The topological polar surface area (TPSA) is 50.7 Å². The third kappa shape index (κ3) is 2.98. The summed E-state index contributed by atoms with van der Waals surface area (Å²) in [5.74, 6) is 1.28. The van der Waals surface area contributed by atoms with Gasteiger partial charge in [0, 0.05) is 5.69 Å². The third-order valence-electron chi connectivity index (χ3n) is 2.19. The molecule has 0 bridgehead atoms. The molecule has 0 aliphatic carbocycles. The van der Waals surface area contributed by atoms with Gasteiger partial charge in [-0.25, -0.2) is 4.98 Å². The largest absolute Gasteiger partial charge is 0.333 e. The highest BCUT2D eigenvalue weighted by Gasteiger charge is 2.16. The van der Waals surface area contributed by atoms with Crippen LogP contribution in [0, 0.1) is 0 Å². The summed E-state index contributed by atoms with van der Waals surface area (Å²) < 4.78 is 0.561. The van der Waals surface area contributed by atoms with Gasteiger partial charge in [-0.2, -0.15) is 4.98 Å². The summed E-state index contributed by atoms with van der Waals surface area (Å²) in [6, 6.07) is 9.83. The zero-order chi connectivity index (χ0) is 12.3. The number of hydrogen-bond acceptors (Lipinski definition) is 4. The lowest BCUT2D eigenvalue weighted by Gasteiger charge is -2.20. The molecule has 5 nitrogen and oxygen atoms in total. The van der Waals surface area contributed by atoms with Gasteiger partial charge in [-0.05, 0) is 12.1 Å². The Kier molecular flexibility index (Phi) is 3.01. The van der Waals surface area contributed by atoms with Crippen LogP contribution < -0.4 is 9.80 Å². The molecular weight excluding hydrogens is 214 g/mol. The van der Waals surface area contributed by atoms with Gasteiger partial charge in [0.2, 0.25) is 5.95 Å². The maximum atomic E-state index is 4.38. The Morgan fingerprint density at radius 3 is 2.35 bits per heavy atom. The van der Waals surface area contributed by atoms with Crippen LogP contribution in [-0.2, 0) is 0 Å². The smallest absolute Gasteiger partial charge is 0.324 e. The number of nitrogens with one attached hydrogen (secondary N) is 1. The van der Waals surface area contributed by atoms with E-state index < -0.39 is 0 Å². The van der Waals surface area contributed by atoms with E-state index in [4.69, 9.17) is 0 Å². The molecule has 1 aromatic carbocycles. The average Bonchev–Trinajstić information content (AvgIpc) is 2.29. The number of anilines is 2. The molecule has 0 saturated carbocycles. The minimum Gasteiger partial charge on any atom is -0.324 e. The Labute approximate surface area is 101 Å². The summed E-state index contributed by atoms with van der Waals surface area (Å²) in [4.78, 5) is 12.6. The molecule has 2 aromatic rings. The van der Waals surface area contributed by atoms with Crippen LogP contribution in [0.25, 0.3) is 0 Å². The number of nitrogens with zero attached hydrogens (tertiary/aromatic N) is 4. The maximum absolute atomic E-state index is 4.38. The van der Waals surface area contributed by atoms with Gasteiger partial charge in [0.1, 0.15) is 6.33 Å². The van der Waals surface area contributed by atoms with Crippen molar-refractivity contribution in [2.45, 2.75) is 0 Å². The van der Waals surface area contributed by atoms with Gasteiger partial charge in [-0.1, -0.05) is 18.2 Å². The fourth-order valence-electron chi connectivity index (χ4n) is 1.32.